The minimum Gasteiger partial charge on any atom is -0.469 e. The normalized spacial score (nSPS) is 12.0. The first-order valence-electron chi connectivity index (χ1n) is 8.85. The maximum Gasteiger partial charge on any atom is 0.307 e. The zero-order valence-electron chi connectivity index (χ0n) is 16.3. The molecule has 0 radical (unpaired) electrons. The van der Waals surface area contributed by atoms with Crippen LogP contribution in [0.4, 0.5) is 0 Å². The van der Waals surface area contributed by atoms with Crippen molar-refractivity contribution in [2.45, 2.75) is 52.4 Å². The van der Waals surface area contributed by atoms with Crippen molar-refractivity contribution < 1.29 is 19.1 Å². The zero-order valence-corrected chi connectivity index (χ0v) is 16.3. The van der Waals surface area contributed by atoms with E-state index >= 15 is 0 Å². The van der Waals surface area contributed by atoms with E-state index in [1.54, 1.807) is 13.8 Å². The van der Waals surface area contributed by atoms with Crippen LogP contribution in [-0.2, 0) is 32.2 Å². The van der Waals surface area contributed by atoms with Crippen LogP contribution in [0.25, 0.3) is 0 Å². The maximum absolute atomic E-state index is 12.4. The summed E-state index contributed by atoms with van der Waals surface area (Å²) >= 11 is 0. The lowest BCUT2D eigenvalue weighted by Crippen LogP contribution is -2.51. The molecule has 1 amide bonds. The second kappa shape index (κ2) is 11.2. The van der Waals surface area contributed by atoms with E-state index in [0.717, 1.165) is 5.56 Å². The Balaban J connectivity index is 0.00000420. The molecular formula is C19H30N6O4. The molecule has 1 aromatic carbocycles. The number of benzene rings is 1. The lowest BCUT2D eigenvalue weighted by atomic mass is 10.1. The first-order valence-corrected chi connectivity index (χ1v) is 8.85. The van der Waals surface area contributed by atoms with E-state index in [0.29, 0.717) is 12.4 Å². The number of ether oxygens (including phenoxy) is 2. The van der Waals surface area contributed by atoms with Crippen LogP contribution in [0.3, 0.4) is 0 Å². The molecule has 0 bridgehead atoms. The van der Waals surface area contributed by atoms with Crippen LogP contribution in [0.2, 0.25) is 0 Å². The average molecular weight is 406 g/mol. The molecule has 0 aliphatic heterocycles. The van der Waals surface area contributed by atoms with Crippen molar-refractivity contribution in [3.63, 3.8) is 0 Å². The highest BCUT2D eigenvalue weighted by Gasteiger charge is 2.28. The molecule has 1 heterocycles. The Morgan fingerprint density at radius 2 is 1.97 bits per heavy atom. The number of amides is 1. The third kappa shape index (κ3) is 7.59. The highest BCUT2D eigenvalue weighted by atomic mass is 16.5. The predicted molar refractivity (Wildman–Crippen MR) is 106 cm³/mol. The molecule has 2 aromatic rings. The van der Waals surface area contributed by atoms with Crippen molar-refractivity contribution >= 4 is 11.9 Å². The molecule has 0 saturated heterocycles. The van der Waals surface area contributed by atoms with Gasteiger partial charge in [-0.25, -0.2) is 4.68 Å². The summed E-state index contributed by atoms with van der Waals surface area (Å²) in [6, 6.07) is 9.01. The van der Waals surface area contributed by atoms with Crippen LogP contribution in [0, 0.1) is 0 Å². The second-order valence-electron chi connectivity index (χ2n) is 6.83. The summed E-state index contributed by atoms with van der Waals surface area (Å²) in [5.41, 5.74) is 5.80. The summed E-state index contributed by atoms with van der Waals surface area (Å²) in [4.78, 5) is 23.8. The Morgan fingerprint density at radius 1 is 1.28 bits per heavy atom. The van der Waals surface area contributed by atoms with Gasteiger partial charge in [0.05, 0.1) is 38.8 Å². The summed E-state index contributed by atoms with van der Waals surface area (Å²) < 4.78 is 11.8. The van der Waals surface area contributed by atoms with Crippen LogP contribution in [0.15, 0.2) is 30.3 Å². The Labute approximate surface area is 170 Å². The van der Waals surface area contributed by atoms with Crippen LogP contribution in [0.1, 0.15) is 45.1 Å². The van der Waals surface area contributed by atoms with Crippen molar-refractivity contribution in [2.75, 3.05) is 13.7 Å². The van der Waals surface area contributed by atoms with Crippen molar-refractivity contribution in [1.29, 1.82) is 0 Å². The van der Waals surface area contributed by atoms with Crippen molar-refractivity contribution in [3.8, 4) is 0 Å². The number of esters is 1. The summed E-state index contributed by atoms with van der Waals surface area (Å²) in [5, 5.41) is 14.4. The number of aromatic nitrogens is 4. The van der Waals surface area contributed by atoms with Gasteiger partial charge in [0.2, 0.25) is 5.91 Å². The third-order valence-electron chi connectivity index (χ3n) is 3.91. The lowest BCUT2D eigenvalue weighted by molar-refractivity contribution is -0.141. The molecule has 0 saturated carbocycles. The topological polar surface area (TPSA) is 134 Å². The number of nitrogens with zero attached hydrogens (tertiary/aromatic N) is 4. The van der Waals surface area contributed by atoms with Gasteiger partial charge >= 0.3 is 5.97 Å². The number of carbonyl (C=O) groups is 2. The van der Waals surface area contributed by atoms with Gasteiger partial charge in [0.1, 0.15) is 6.04 Å². The first kappa shape index (κ1) is 24.2. The van der Waals surface area contributed by atoms with E-state index in [1.807, 2.05) is 30.3 Å². The van der Waals surface area contributed by atoms with Gasteiger partial charge in [0.25, 0.3) is 0 Å². The molecular weight excluding hydrogens is 376 g/mol. The van der Waals surface area contributed by atoms with Gasteiger partial charge in [-0.3, -0.25) is 9.59 Å². The minimum atomic E-state index is -1.08. The number of hydrogen-bond acceptors (Lipinski definition) is 8. The molecule has 10 nitrogen and oxygen atoms in total. The summed E-state index contributed by atoms with van der Waals surface area (Å²) in [6.45, 7) is 3.92. The Morgan fingerprint density at radius 3 is 2.59 bits per heavy atom. The number of rotatable bonds is 10. The molecule has 1 atom stereocenters. The van der Waals surface area contributed by atoms with Gasteiger partial charge in [-0.05, 0) is 29.8 Å². The fourth-order valence-electron chi connectivity index (χ4n) is 2.31. The number of methoxy groups -OCH3 is 1. The van der Waals surface area contributed by atoms with Gasteiger partial charge in [0.15, 0.2) is 5.82 Å². The van der Waals surface area contributed by atoms with Gasteiger partial charge in [-0.2, -0.15) is 0 Å². The number of carbonyl (C=O) groups excluding carboxylic acids is 2. The Kier molecular flexibility index (Phi) is 9.36. The highest BCUT2D eigenvalue weighted by Crippen LogP contribution is 2.13. The quantitative estimate of drug-likeness (QED) is 0.558. The standard InChI is InChI=1S/C18H26N6O4.CH4/c1-18(2,19)17(26)20-14(12-28-11-13-7-5-4-6-8-13)16-21-22-23-24(16)10-9-15(25)27-3;/h4-8,14H,9-12,19H2,1-3H3,(H,20,26);1H4/t14-;/m1./s1. The molecule has 29 heavy (non-hydrogen) atoms. The summed E-state index contributed by atoms with van der Waals surface area (Å²) in [5.74, 6) is -0.386. The molecule has 160 valence electrons. The smallest absolute Gasteiger partial charge is 0.307 e. The Hall–Kier alpha value is -2.85. The van der Waals surface area contributed by atoms with E-state index in [4.69, 9.17) is 10.5 Å². The largest absolute Gasteiger partial charge is 0.469 e. The molecule has 2 rings (SSSR count). The van der Waals surface area contributed by atoms with Crippen LogP contribution in [-0.4, -0.2) is 51.3 Å². The zero-order chi connectivity index (χ0) is 20.6. The van der Waals surface area contributed by atoms with Gasteiger partial charge < -0.3 is 20.5 Å². The molecule has 10 heteroatoms. The van der Waals surface area contributed by atoms with E-state index in [1.165, 1.54) is 11.8 Å². The molecule has 0 aliphatic carbocycles. The molecule has 1 aromatic heterocycles. The predicted octanol–water partition coefficient (Wildman–Crippen LogP) is 0.984. The lowest BCUT2D eigenvalue weighted by Gasteiger charge is -2.23. The maximum atomic E-state index is 12.4. The fourth-order valence-corrected chi connectivity index (χ4v) is 2.31. The van der Waals surface area contributed by atoms with Crippen molar-refractivity contribution in [3.05, 3.63) is 41.7 Å². The molecule has 0 unspecified atom stereocenters. The molecule has 3 N–H and O–H groups in total. The van der Waals surface area contributed by atoms with Gasteiger partial charge in [-0.1, -0.05) is 37.8 Å². The summed E-state index contributed by atoms with van der Waals surface area (Å²) in [6.07, 6.45) is 0.0997. The van der Waals surface area contributed by atoms with E-state index in [2.05, 4.69) is 25.6 Å². The van der Waals surface area contributed by atoms with Crippen LogP contribution >= 0.6 is 0 Å². The second-order valence-corrected chi connectivity index (χ2v) is 6.83. The number of hydrogen-bond donors (Lipinski definition) is 2. The van der Waals surface area contributed by atoms with Crippen molar-refractivity contribution in [2.24, 2.45) is 5.73 Å². The van der Waals surface area contributed by atoms with Gasteiger partial charge in [0, 0.05) is 0 Å². The minimum absolute atomic E-state index is 0. The number of nitrogens with two attached hydrogens (primary N) is 1. The third-order valence-corrected chi connectivity index (χ3v) is 3.91. The number of aryl methyl sites for hydroxylation is 1. The Bertz CT molecular complexity index is 773. The van der Waals surface area contributed by atoms with Gasteiger partial charge in [-0.15, -0.1) is 5.10 Å². The number of tetrazole rings is 1. The van der Waals surface area contributed by atoms with E-state index < -0.39 is 11.6 Å². The van der Waals surface area contributed by atoms with E-state index in [-0.39, 0.29) is 38.9 Å². The first-order chi connectivity index (χ1) is 13.3. The summed E-state index contributed by atoms with van der Waals surface area (Å²) in [7, 11) is 1.31. The van der Waals surface area contributed by atoms with E-state index in [9.17, 15) is 9.59 Å². The SMILES string of the molecule is C.COC(=O)CCn1nnnc1[C@@H](COCc1ccccc1)NC(=O)C(C)(C)N. The van der Waals surface area contributed by atoms with Crippen LogP contribution < -0.4 is 11.1 Å². The highest BCUT2D eigenvalue weighted by molar-refractivity contribution is 5.85. The monoisotopic (exact) mass is 406 g/mol. The molecule has 0 fully saturated rings. The fraction of sp³-hybridized carbons (Fsp3) is 0.526. The molecule has 0 spiro atoms. The number of nitrogens with one attached hydrogen (secondary N) is 1. The van der Waals surface area contributed by atoms with Crippen LogP contribution in [0.5, 0.6) is 0 Å². The van der Waals surface area contributed by atoms with Crippen molar-refractivity contribution in [1.82, 2.24) is 25.5 Å². The average Bonchev–Trinajstić information content (AvgIpc) is 3.13. The molecule has 0 aliphatic rings.